The lowest BCUT2D eigenvalue weighted by molar-refractivity contribution is 0.0954. The van der Waals surface area contributed by atoms with Crippen LogP contribution in [0, 0.1) is 18.3 Å². The van der Waals surface area contributed by atoms with E-state index < -0.39 is 5.82 Å². The molecule has 1 amide bonds. The molecule has 6 nitrogen and oxygen atoms in total. The van der Waals surface area contributed by atoms with Gasteiger partial charge in [-0.05, 0) is 37.3 Å². The quantitative estimate of drug-likeness (QED) is 0.609. The first-order chi connectivity index (χ1) is 13.9. The summed E-state index contributed by atoms with van der Waals surface area (Å²) in [6.45, 7) is 2.32. The smallest absolute Gasteiger partial charge is 0.277 e. The van der Waals surface area contributed by atoms with E-state index in [1.54, 1.807) is 40.8 Å². The van der Waals surface area contributed by atoms with E-state index in [-0.39, 0.29) is 17.0 Å². The predicted molar refractivity (Wildman–Crippen MR) is 109 cm³/mol. The molecule has 8 heteroatoms. The molecule has 2 aromatic heterocycles. The molecule has 0 fully saturated rings. The van der Waals surface area contributed by atoms with E-state index in [2.05, 4.69) is 16.1 Å². The van der Waals surface area contributed by atoms with Gasteiger partial charge >= 0.3 is 0 Å². The summed E-state index contributed by atoms with van der Waals surface area (Å²) in [5.74, 6) is -0.841. The average Bonchev–Trinajstić information content (AvgIpc) is 3.18. The number of pyridine rings is 1. The number of benzene rings is 1. The van der Waals surface area contributed by atoms with Crippen LogP contribution in [-0.2, 0) is 0 Å². The minimum atomic E-state index is -0.571. The Hall–Kier alpha value is -3.37. The number of nitrogens with zero attached hydrogens (tertiary/aromatic N) is 5. The summed E-state index contributed by atoms with van der Waals surface area (Å²) in [6, 6.07) is 10.4. The van der Waals surface area contributed by atoms with Crippen molar-refractivity contribution in [3.8, 4) is 23.6 Å². The first-order valence-electron chi connectivity index (χ1n) is 8.91. The standard InChI is InChI=1S/C21H17ClFN5O/c1-4-26-12-14(5-8-19(26)24-3)16-10-25-28-13(2)11-27(21(29)20(16)28)15-6-7-17(22)18(23)9-15/h1,5-10,12-13H,11H2,2-3H3/t13-/m0/s1. The minimum Gasteiger partial charge on any atom is -0.305 e. The van der Waals surface area contributed by atoms with Crippen LogP contribution in [0.3, 0.4) is 0 Å². The van der Waals surface area contributed by atoms with Crippen LogP contribution in [0.25, 0.3) is 11.1 Å². The van der Waals surface area contributed by atoms with Gasteiger partial charge in [0.1, 0.15) is 17.0 Å². The molecule has 0 radical (unpaired) electrons. The first kappa shape index (κ1) is 19.0. The van der Waals surface area contributed by atoms with Crippen molar-refractivity contribution in [1.82, 2.24) is 14.3 Å². The maximum atomic E-state index is 14.0. The van der Waals surface area contributed by atoms with Gasteiger partial charge < -0.3 is 4.90 Å². The molecule has 0 aliphatic carbocycles. The predicted octanol–water partition coefficient (Wildman–Crippen LogP) is 3.33. The molecule has 1 aliphatic heterocycles. The van der Waals surface area contributed by atoms with Crippen LogP contribution in [-0.4, -0.2) is 33.8 Å². The number of hydrogen-bond donors (Lipinski definition) is 0. The molecule has 4 rings (SSSR count). The van der Waals surface area contributed by atoms with E-state index in [4.69, 9.17) is 18.0 Å². The van der Waals surface area contributed by atoms with E-state index in [1.807, 2.05) is 13.0 Å². The van der Waals surface area contributed by atoms with Crippen LogP contribution in [0.15, 0.2) is 47.7 Å². The second-order valence-corrected chi connectivity index (χ2v) is 7.12. The van der Waals surface area contributed by atoms with Crippen LogP contribution in [0.1, 0.15) is 23.5 Å². The van der Waals surface area contributed by atoms with Gasteiger partial charge in [0.05, 0.1) is 17.3 Å². The summed E-state index contributed by atoms with van der Waals surface area (Å²) in [6.07, 6.45) is 8.95. The van der Waals surface area contributed by atoms with Gasteiger partial charge in [0, 0.05) is 42.6 Å². The molecule has 3 heterocycles. The Morgan fingerprint density at radius 2 is 2.14 bits per heavy atom. The zero-order valence-corrected chi connectivity index (χ0v) is 16.6. The highest BCUT2D eigenvalue weighted by molar-refractivity contribution is 6.30. The number of rotatable bonds is 2. The van der Waals surface area contributed by atoms with E-state index in [0.29, 0.717) is 29.0 Å². The number of fused-ring (bicyclic) bond motifs is 1. The highest BCUT2D eigenvalue weighted by Gasteiger charge is 2.34. The number of anilines is 1. The van der Waals surface area contributed by atoms with E-state index in [0.717, 1.165) is 5.56 Å². The van der Waals surface area contributed by atoms with E-state index in [1.165, 1.54) is 17.0 Å². The molecule has 0 saturated heterocycles. The van der Waals surface area contributed by atoms with Crippen molar-refractivity contribution >= 4 is 23.2 Å². The summed E-state index contributed by atoms with van der Waals surface area (Å²) in [4.78, 5) is 19.0. The maximum Gasteiger partial charge on any atom is 0.277 e. The van der Waals surface area contributed by atoms with Crippen LogP contribution in [0.5, 0.6) is 0 Å². The van der Waals surface area contributed by atoms with Crippen molar-refractivity contribution in [1.29, 1.82) is 0 Å². The highest BCUT2D eigenvalue weighted by Crippen LogP contribution is 2.33. The second-order valence-electron chi connectivity index (χ2n) is 6.71. The lowest BCUT2D eigenvalue weighted by Gasteiger charge is -2.32. The fourth-order valence-corrected chi connectivity index (χ4v) is 3.60. The van der Waals surface area contributed by atoms with Crippen LogP contribution in [0.4, 0.5) is 10.1 Å². The number of carbonyl (C=O) groups is 1. The summed E-state index contributed by atoms with van der Waals surface area (Å²) in [5.41, 5.74) is 2.87. The second kappa shape index (κ2) is 7.22. The number of hydrogen-bond acceptors (Lipinski definition) is 3. The molecule has 3 aromatic rings. The number of terminal acetylenes is 1. The Labute approximate surface area is 171 Å². The minimum absolute atomic E-state index is 0.0113. The normalized spacial score (nSPS) is 16.7. The van der Waals surface area contributed by atoms with Gasteiger partial charge in [-0.15, -0.1) is 0 Å². The average molecular weight is 410 g/mol. The zero-order chi connectivity index (χ0) is 20.7. The molecule has 0 spiro atoms. The number of carbonyl (C=O) groups excluding carboxylic acids is 1. The van der Waals surface area contributed by atoms with Crippen LogP contribution < -0.4 is 10.4 Å². The zero-order valence-electron chi connectivity index (χ0n) is 15.8. The number of amides is 1. The third-order valence-electron chi connectivity index (χ3n) is 4.93. The summed E-state index contributed by atoms with van der Waals surface area (Å²) >= 11 is 5.79. The third-order valence-corrected chi connectivity index (χ3v) is 5.24. The maximum absolute atomic E-state index is 14.0. The molecule has 0 saturated carbocycles. The van der Waals surface area contributed by atoms with Crippen molar-refractivity contribution in [3.63, 3.8) is 0 Å². The van der Waals surface area contributed by atoms with Crippen LogP contribution in [0.2, 0.25) is 5.02 Å². The molecule has 1 atom stereocenters. The molecule has 0 N–H and O–H groups in total. The topological polar surface area (TPSA) is 55.4 Å². The van der Waals surface area contributed by atoms with Gasteiger partial charge in [-0.1, -0.05) is 18.0 Å². The molecule has 0 unspecified atom stereocenters. The highest BCUT2D eigenvalue weighted by atomic mass is 35.5. The van der Waals surface area contributed by atoms with Crippen LogP contribution >= 0.6 is 11.6 Å². The Balaban J connectivity index is 1.83. The Kier molecular flexibility index (Phi) is 4.73. The number of aromatic nitrogens is 3. The molecule has 146 valence electrons. The fourth-order valence-electron chi connectivity index (χ4n) is 3.49. The van der Waals surface area contributed by atoms with Gasteiger partial charge in [-0.25, -0.2) is 4.39 Å². The Bertz CT molecular complexity index is 1240. The molecule has 1 aromatic carbocycles. The third kappa shape index (κ3) is 3.12. The first-order valence-corrected chi connectivity index (χ1v) is 9.29. The summed E-state index contributed by atoms with van der Waals surface area (Å²) in [5, 5.41) is 4.42. The van der Waals surface area contributed by atoms with Crippen molar-refractivity contribution in [2.45, 2.75) is 13.0 Å². The molecule has 1 aliphatic rings. The SMILES string of the molecule is C#Cn1cc(-c2cnn3c2C(=O)N(c2ccc(Cl)c(F)c2)C[C@@H]3C)ccc1=NC. The van der Waals surface area contributed by atoms with Crippen molar-refractivity contribution in [3.05, 3.63) is 64.7 Å². The van der Waals surface area contributed by atoms with E-state index in [9.17, 15) is 9.18 Å². The largest absolute Gasteiger partial charge is 0.305 e. The Morgan fingerprint density at radius 3 is 2.83 bits per heavy atom. The molecule has 0 bridgehead atoms. The van der Waals surface area contributed by atoms with Crippen molar-refractivity contribution in [2.24, 2.45) is 4.99 Å². The van der Waals surface area contributed by atoms with Gasteiger partial charge in [0.15, 0.2) is 0 Å². The monoisotopic (exact) mass is 409 g/mol. The molecular weight excluding hydrogens is 393 g/mol. The fraction of sp³-hybridized carbons (Fsp3) is 0.190. The lowest BCUT2D eigenvalue weighted by atomic mass is 10.0. The lowest BCUT2D eigenvalue weighted by Crippen LogP contribution is -2.42. The van der Waals surface area contributed by atoms with Gasteiger partial charge in [-0.3, -0.25) is 19.0 Å². The van der Waals surface area contributed by atoms with Gasteiger partial charge in [-0.2, -0.15) is 5.10 Å². The molecular formula is C21H17ClFN5O. The van der Waals surface area contributed by atoms with Crippen molar-refractivity contribution in [2.75, 3.05) is 18.5 Å². The van der Waals surface area contributed by atoms with E-state index >= 15 is 0 Å². The Morgan fingerprint density at radius 1 is 1.34 bits per heavy atom. The summed E-state index contributed by atoms with van der Waals surface area (Å²) in [7, 11) is 1.65. The van der Waals surface area contributed by atoms with Gasteiger partial charge in [0.2, 0.25) is 0 Å². The molecule has 29 heavy (non-hydrogen) atoms. The summed E-state index contributed by atoms with van der Waals surface area (Å²) < 4.78 is 17.2. The number of halogens is 2. The van der Waals surface area contributed by atoms with Crippen molar-refractivity contribution < 1.29 is 9.18 Å². The van der Waals surface area contributed by atoms with Gasteiger partial charge in [0.25, 0.3) is 5.91 Å².